The van der Waals surface area contributed by atoms with E-state index >= 15 is 0 Å². The van der Waals surface area contributed by atoms with Crippen molar-refractivity contribution >= 4 is 5.91 Å². The van der Waals surface area contributed by atoms with Gasteiger partial charge in [0.25, 0.3) is 0 Å². The summed E-state index contributed by atoms with van der Waals surface area (Å²) in [5.74, 6) is 0.720. The van der Waals surface area contributed by atoms with Gasteiger partial charge < -0.3 is 15.4 Å². The van der Waals surface area contributed by atoms with Crippen LogP contribution in [0.5, 0.6) is 0 Å². The molecular formula is C10H20N2O2. The Balaban J connectivity index is 2.36. The maximum atomic E-state index is 11.4. The van der Waals surface area contributed by atoms with Crippen LogP contribution in [0.15, 0.2) is 0 Å². The Morgan fingerprint density at radius 1 is 1.64 bits per heavy atom. The standard InChI is InChI=1S/C10H20N2O2/c1-8(2)3-4-12-6-9(5-11)14-7-10(12)13/h8-9H,3-7,11H2,1-2H3. The number of carbonyl (C=O) groups is 1. The molecule has 0 spiro atoms. The molecule has 1 rings (SSSR count). The summed E-state index contributed by atoms with van der Waals surface area (Å²) in [4.78, 5) is 13.3. The number of hydrogen-bond donors (Lipinski definition) is 1. The summed E-state index contributed by atoms with van der Waals surface area (Å²) in [6.45, 7) is 6.49. The van der Waals surface area contributed by atoms with Crippen molar-refractivity contribution in [1.82, 2.24) is 4.90 Å². The molecule has 4 heteroatoms. The number of carbonyl (C=O) groups excluding carboxylic acids is 1. The minimum atomic E-state index is 0.0277. The van der Waals surface area contributed by atoms with Crippen LogP contribution < -0.4 is 5.73 Å². The van der Waals surface area contributed by atoms with E-state index in [1.165, 1.54) is 0 Å². The first kappa shape index (κ1) is 11.5. The van der Waals surface area contributed by atoms with Gasteiger partial charge in [-0.05, 0) is 12.3 Å². The Hall–Kier alpha value is -0.610. The van der Waals surface area contributed by atoms with Crippen molar-refractivity contribution in [3.8, 4) is 0 Å². The second-order valence-corrected chi connectivity index (χ2v) is 4.19. The van der Waals surface area contributed by atoms with E-state index in [1.54, 1.807) is 0 Å². The zero-order valence-electron chi connectivity index (χ0n) is 9.03. The van der Waals surface area contributed by atoms with Gasteiger partial charge in [-0.3, -0.25) is 4.79 Å². The van der Waals surface area contributed by atoms with Gasteiger partial charge >= 0.3 is 0 Å². The van der Waals surface area contributed by atoms with E-state index in [-0.39, 0.29) is 18.6 Å². The van der Waals surface area contributed by atoms with Gasteiger partial charge in [-0.15, -0.1) is 0 Å². The van der Waals surface area contributed by atoms with Crippen LogP contribution in [0.3, 0.4) is 0 Å². The molecular weight excluding hydrogens is 180 g/mol. The van der Waals surface area contributed by atoms with E-state index in [0.717, 1.165) is 13.0 Å². The third-order valence-corrected chi connectivity index (χ3v) is 2.46. The lowest BCUT2D eigenvalue weighted by Gasteiger charge is -2.32. The predicted molar refractivity (Wildman–Crippen MR) is 54.8 cm³/mol. The second kappa shape index (κ2) is 5.32. The molecule has 0 aromatic heterocycles. The normalized spacial score (nSPS) is 23.3. The lowest BCUT2D eigenvalue weighted by atomic mass is 10.1. The van der Waals surface area contributed by atoms with Gasteiger partial charge in [0.05, 0.1) is 6.10 Å². The zero-order valence-corrected chi connectivity index (χ0v) is 9.03. The summed E-state index contributed by atoms with van der Waals surface area (Å²) in [7, 11) is 0. The summed E-state index contributed by atoms with van der Waals surface area (Å²) in [6, 6.07) is 0. The molecule has 0 aromatic rings. The first-order chi connectivity index (χ1) is 6.63. The highest BCUT2D eigenvalue weighted by atomic mass is 16.5. The van der Waals surface area contributed by atoms with Crippen molar-refractivity contribution in [2.24, 2.45) is 11.7 Å². The molecule has 0 bridgehead atoms. The molecule has 2 N–H and O–H groups in total. The van der Waals surface area contributed by atoms with Crippen molar-refractivity contribution in [3.63, 3.8) is 0 Å². The lowest BCUT2D eigenvalue weighted by Crippen LogP contribution is -2.49. The SMILES string of the molecule is CC(C)CCN1CC(CN)OCC1=O. The van der Waals surface area contributed by atoms with E-state index in [4.69, 9.17) is 10.5 Å². The van der Waals surface area contributed by atoms with Gasteiger partial charge in [0, 0.05) is 19.6 Å². The summed E-state index contributed by atoms with van der Waals surface area (Å²) >= 11 is 0. The molecule has 82 valence electrons. The van der Waals surface area contributed by atoms with Crippen LogP contribution >= 0.6 is 0 Å². The minimum Gasteiger partial charge on any atom is -0.365 e. The third-order valence-electron chi connectivity index (χ3n) is 2.46. The molecule has 1 saturated heterocycles. The first-order valence-corrected chi connectivity index (χ1v) is 5.23. The van der Waals surface area contributed by atoms with Crippen molar-refractivity contribution in [3.05, 3.63) is 0 Å². The molecule has 0 saturated carbocycles. The minimum absolute atomic E-state index is 0.0277. The summed E-state index contributed by atoms with van der Waals surface area (Å²) in [5.41, 5.74) is 5.50. The van der Waals surface area contributed by atoms with Crippen LogP contribution in [-0.2, 0) is 9.53 Å². The highest BCUT2D eigenvalue weighted by Crippen LogP contribution is 2.08. The van der Waals surface area contributed by atoms with Crippen molar-refractivity contribution < 1.29 is 9.53 Å². The van der Waals surface area contributed by atoms with E-state index < -0.39 is 0 Å². The van der Waals surface area contributed by atoms with Crippen LogP contribution in [0.1, 0.15) is 20.3 Å². The van der Waals surface area contributed by atoms with E-state index in [9.17, 15) is 4.79 Å². The molecule has 14 heavy (non-hydrogen) atoms. The van der Waals surface area contributed by atoms with E-state index in [1.807, 2.05) is 4.90 Å². The third kappa shape index (κ3) is 3.27. The highest BCUT2D eigenvalue weighted by molar-refractivity contribution is 5.78. The molecule has 0 radical (unpaired) electrons. The number of hydrogen-bond acceptors (Lipinski definition) is 3. The zero-order chi connectivity index (χ0) is 10.6. The fourth-order valence-electron chi connectivity index (χ4n) is 1.45. The van der Waals surface area contributed by atoms with Gasteiger partial charge in [-0.2, -0.15) is 0 Å². The van der Waals surface area contributed by atoms with Crippen LogP contribution in [0.2, 0.25) is 0 Å². The van der Waals surface area contributed by atoms with Crippen molar-refractivity contribution in [1.29, 1.82) is 0 Å². The molecule has 0 aliphatic carbocycles. The molecule has 1 aliphatic rings. The van der Waals surface area contributed by atoms with Crippen molar-refractivity contribution in [2.75, 3.05) is 26.2 Å². The molecule has 1 amide bonds. The molecule has 1 atom stereocenters. The van der Waals surface area contributed by atoms with Crippen LogP contribution in [0.25, 0.3) is 0 Å². The van der Waals surface area contributed by atoms with Crippen LogP contribution in [-0.4, -0.2) is 43.2 Å². The second-order valence-electron chi connectivity index (χ2n) is 4.19. The number of nitrogens with zero attached hydrogens (tertiary/aromatic N) is 1. The van der Waals surface area contributed by atoms with Gasteiger partial charge in [0.1, 0.15) is 6.61 Å². The summed E-state index contributed by atoms with van der Waals surface area (Å²) in [5, 5.41) is 0. The van der Waals surface area contributed by atoms with E-state index in [0.29, 0.717) is 19.0 Å². The Labute approximate surface area is 85.4 Å². The highest BCUT2D eigenvalue weighted by Gasteiger charge is 2.24. The monoisotopic (exact) mass is 200 g/mol. The van der Waals surface area contributed by atoms with Gasteiger partial charge in [0.2, 0.25) is 5.91 Å². The predicted octanol–water partition coefficient (Wildman–Crippen LogP) is 0.219. The average molecular weight is 200 g/mol. The topological polar surface area (TPSA) is 55.6 Å². The van der Waals surface area contributed by atoms with Gasteiger partial charge in [-0.25, -0.2) is 0 Å². The fourth-order valence-corrected chi connectivity index (χ4v) is 1.45. The number of rotatable bonds is 4. The first-order valence-electron chi connectivity index (χ1n) is 5.23. The number of amides is 1. The lowest BCUT2D eigenvalue weighted by molar-refractivity contribution is -0.148. The molecule has 1 unspecified atom stereocenters. The van der Waals surface area contributed by atoms with Crippen LogP contribution in [0, 0.1) is 5.92 Å². The average Bonchev–Trinajstić information content (AvgIpc) is 2.16. The number of nitrogens with two attached hydrogens (primary N) is 1. The number of morpholine rings is 1. The Morgan fingerprint density at radius 2 is 2.36 bits per heavy atom. The maximum Gasteiger partial charge on any atom is 0.248 e. The summed E-state index contributed by atoms with van der Waals surface area (Å²) < 4.78 is 5.26. The largest absolute Gasteiger partial charge is 0.365 e. The fraction of sp³-hybridized carbons (Fsp3) is 0.900. The van der Waals surface area contributed by atoms with Crippen molar-refractivity contribution in [2.45, 2.75) is 26.4 Å². The summed E-state index contributed by atoms with van der Waals surface area (Å²) in [6.07, 6.45) is 1.07. The molecule has 0 aromatic carbocycles. The quantitative estimate of drug-likeness (QED) is 0.706. The van der Waals surface area contributed by atoms with Gasteiger partial charge in [-0.1, -0.05) is 13.8 Å². The molecule has 1 aliphatic heterocycles. The molecule has 4 nitrogen and oxygen atoms in total. The van der Waals surface area contributed by atoms with Gasteiger partial charge in [0.15, 0.2) is 0 Å². The Morgan fingerprint density at radius 3 is 2.93 bits per heavy atom. The van der Waals surface area contributed by atoms with Crippen LogP contribution in [0.4, 0.5) is 0 Å². The number of ether oxygens (including phenoxy) is 1. The maximum absolute atomic E-state index is 11.4. The van der Waals surface area contributed by atoms with E-state index in [2.05, 4.69) is 13.8 Å². The molecule has 1 fully saturated rings. The Kier molecular flexibility index (Phi) is 4.35. The smallest absolute Gasteiger partial charge is 0.248 e. The Bertz CT molecular complexity index is 195. The molecule has 1 heterocycles.